The fourth-order valence-corrected chi connectivity index (χ4v) is 1.97. The third-order valence-electron chi connectivity index (χ3n) is 2.61. The Kier molecular flexibility index (Phi) is 2.46. The minimum atomic E-state index is 0.234. The van der Waals surface area contributed by atoms with Gasteiger partial charge in [0.05, 0.1) is 6.10 Å². The van der Waals surface area contributed by atoms with Gasteiger partial charge in [-0.1, -0.05) is 6.07 Å². The van der Waals surface area contributed by atoms with Gasteiger partial charge in [-0.15, -0.1) is 0 Å². The third-order valence-corrected chi connectivity index (χ3v) is 2.61. The maximum Gasteiger partial charge on any atom is 0.119 e. The number of hydrogen-bond donors (Lipinski definition) is 1. The average molecular weight is 191 g/mol. The van der Waals surface area contributed by atoms with Gasteiger partial charge in [0, 0.05) is 6.04 Å². The molecule has 2 N–H and O–H groups in total. The van der Waals surface area contributed by atoms with E-state index in [0.717, 1.165) is 18.6 Å². The molecule has 1 aromatic rings. The molecule has 0 saturated carbocycles. The highest BCUT2D eigenvalue weighted by Gasteiger charge is 2.19. The van der Waals surface area contributed by atoms with Crippen molar-refractivity contribution in [1.82, 2.24) is 0 Å². The summed E-state index contributed by atoms with van der Waals surface area (Å²) in [5, 5.41) is 0. The number of aryl methyl sites for hydroxylation is 1. The van der Waals surface area contributed by atoms with Crippen molar-refractivity contribution in [3.8, 4) is 5.75 Å². The van der Waals surface area contributed by atoms with Gasteiger partial charge in [-0.25, -0.2) is 0 Å². The highest BCUT2D eigenvalue weighted by Crippen LogP contribution is 2.31. The number of hydrogen-bond acceptors (Lipinski definition) is 2. The first-order valence-corrected chi connectivity index (χ1v) is 5.22. The highest BCUT2D eigenvalue weighted by atomic mass is 16.5. The van der Waals surface area contributed by atoms with Gasteiger partial charge in [-0.05, 0) is 49.9 Å². The van der Waals surface area contributed by atoms with Crippen LogP contribution >= 0.6 is 0 Å². The van der Waals surface area contributed by atoms with Gasteiger partial charge in [0.2, 0.25) is 0 Å². The molecule has 0 amide bonds. The largest absolute Gasteiger partial charge is 0.491 e. The summed E-state index contributed by atoms with van der Waals surface area (Å²) >= 11 is 0. The molecule has 2 rings (SSSR count). The van der Waals surface area contributed by atoms with E-state index < -0.39 is 0 Å². The van der Waals surface area contributed by atoms with Crippen molar-refractivity contribution < 1.29 is 4.74 Å². The molecule has 0 fully saturated rings. The fourth-order valence-electron chi connectivity index (χ4n) is 1.97. The Morgan fingerprint density at radius 3 is 2.93 bits per heavy atom. The van der Waals surface area contributed by atoms with E-state index in [4.69, 9.17) is 10.5 Å². The van der Waals surface area contributed by atoms with Crippen molar-refractivity contribution in [2.24, 2.45) is 5.73 Å². The Labute approximate surface area is 85.1 Å². The van der Waals surface area contributed by atoms with Crippen LogP contribution in [0.2, 0.25) is 0 Å². The molecular weight excluding hydrogens is 174 g/mol. The van der Waals surface area contributed by atoms with E-state index in [1.54, 1.807) is 0 Å². The van der Waals surface area contributed by atoms with E-state index in [2.05, 4.69) is 12.1 Å². The lowest BCUT2D eigenvalue weighted by Gasteiger charge is -2.11. The second-order valence-electron chi connectivity index (χ2n) is 4.17. The minimum absolute atomic E-state index is 0.234. The SMILES string of the molecule is CC(C)Oc1ccc2c(c1)CC[C@H]2N. The summed E-state index contributed by atoms with van der Waals surface area (Å²) in [4.78, 5) is 0. The summed E-state index contributed by atoms with van der Waals surface area (Å²) in [6.45, 7) is 4.08. The summed E-state index contributed by atoms with van der Waals surface area (Å²) < 4.78 is 5.63. The topological polar surface area (TPSA) is 35.2 Å². The van der Waals surface area contributed by atoms with Gasteiger partial charge in [-0.3, -0.25) is 0 Å². The van der Waals surface area contributed by atoms with Crippen LogP contribution in [0.1, 0.15) is 37.4 Å². The summed E-state index contributed by atoms with van der Waals surface area (Å²) in [5.41, 5.74) is 8.61. The molecule has 1 aromatic carbocycles. The molecule has 1 aliphatic carbocycles. The molecule has 0 unspecified atom stereocenters. The van der Waals surface area contributed by atoms with Gasteiger partial charge in [0.1, 0.15) is 5.75 Å². The number of benzene rings is 1. The van der Waals surface area contributed by atoms with Gasteiger partial charge in [-0.2, -0.15) is 0 Å². The molecule has 14 heavy (non-hydrogen) atoms. The molecule has 0 saturated heterocycles. The van der Waals surface area contributed by atoms with E-state index in [0.29, 0.717) is 0 Å². The van der Waals surface area contributed by atoms with Crippen LogP contribution in [0.5, 0.6) is 5.75 Å². The van der Waals surface area contributed by atoms with E-state index in [9.17, 15) is 0 Å². The normalized spacial score (nSPS) is 19.9. The molecule has 0 heterocycles. The zero-order valence-corrected chi connectivity index (χ0v) is 8.79. The van der Waals surface area contributed by atoms with Crippen LogP contribution in [-0.4, -0.2) is 6.10 Å². The van der Waals surface area contributed by atoms with Crippen LogP contribution in [0.4, 0.5) is 0 Å². The summed E-state index contributed by atoms with van der Waals surface area (Å²) in [5.74, 6) is 0.966. The van der Waals surface area contributed by atoms with E-state index in [-0.39, 0.29) is 12.1 Å². The van der Waals surface area contributed by atoms with Crippen LogP contribution in [0.25, 0.3) is 0 Å². The summed E-state index contributed by atoms with van der Waals surface area (Å²) in [6, 6.07) is 6.48. The van der Waals surface area contributed by atoms with Gasteiger partial charge >= 0.3 is 0 Å². The lowest BCUT2D eigenvalue weighted by molar-refractivity contribution is 0.242. The molecule has 0 aromatic heterocycles. The molecule has 76 valence electrons. The number of fused-ring (bicyclic) bond motifs is 1. The van der Waals surface area contributed by atoms with Crippen LogP contribution in [0, 0.1) is 0 Å². The predicted molar refractivity (Wildman–Crippen MR) is 57.5 cm³/mol. The Balaban J connectivity index is 2.24. The zero-order chi connectivity index (χ0) is 10.1. The maximum absolute atomic E-state index is 5.96. The van der Waals surface area contributed by atoms with Crippen molar-refractivity contribution in [2.45, 2.75) is 38.8 Å². The van der Waals surface area contributed by atoms with Crippen molar-refractivity contribution in [1.29, 1.82) is 0 Å². The van der Waals surface area contributed by atoms with Crippen molar-refractivity contribution in [3.63, 3.8) is 0 Å². The van der Waals surface area contributed by atoms with Crippen molar-refractivity contribution >= 4 is 0 Å². The average Bonchev–Trinajstić information content (AvgIpc) is 2.46. The Bertz CT molecular complexity index is 333. The molecule has 0 aliphatic heterocycles. The number of ether oxygens (including phenoxy) is 1. The summed E-state index contributed by atoms with van der Waals surface area (Å²) in [7, 11) is 0. The molecule has 0 spiro atoms. The molecular formula is C12H17NO. The van der Waals surface area contributed by atoms with Crippen molar-refractivity contribution in [3.05, 3.63) is 29.3 Å². The van der Waals surface area contributed by atoms with Gasteiger partial charge in [0.15, 0.2) is 0 Å². The third kappa shape index (κ3) is 1.75. The zero-order valence-electron chi connectivity index (χ0n) is 8.79. The Hall–Kier alpha value is -1.02. The van der Waals surface area contributed by atoms with Crippen molar-refractivity contribution in [2.75, 3.05) is 0 Å². The maximum atomic E-state index is 5.96. The molecule has 2 nitrogen and oxygen atoms in total. The highest BCUT2D eigenvalue weighted by molar-refractivity contribution is 5.40. The molecule has 0 radical (unpaired) electrons. The predicted octanol–water partition coefficient (Wildman–Crippen LogP) is 2.42. The van der Waals surface area contributed by atoms with E-state index >= 15 is 0 Å². The Morgan fingerprint density at radius 2 is 2.21 bits per heavy atom. The first-order chi connectivity index (χ1) is 6.66. The lowest BCUT2D eigenvalue weighted by atomic mass is 10.1. The first kappa shape index (κ1) is 9.53. The lowest BCUT2D eigenvalue weighted by Crippen LogP contribution is -2.07. The fraction of sp³-hybridized carbons (Fsp3) is 0.500. The molecule has 1 atom stereocenters. The monoisotopic (exact) mass is 191 g/mol. The van der Waals surface area contributed by atoms with Gasteiger partial charge < -0.3 is 10.5 Å². The minimum Gasteiger partial charge on any atom is -0.491 e. The van der Waals surface area contributed by atoms with Crippen LogP contribution in [0.15, 0.2) is 18.2 Å². The Morgan fingerprint density at radius 1 is 1.43 bits per heavy atom. The molecule has 2 heteroatoms. The summed E-state index contributed by atoms with van der Waals surface area (Å²) in [6.07, 6.45) is 2.40. The number of rotatable bonds is 2. The van der Waals surface area contributed by atoms with Crippen LogP contribution in [-0.2, 0) is 6.42 Å². The standard InChI is InChI=1S/C12H17NO/c1-8(2)14-10-4-5-11-9(7-10)3-6-12(11)13/h4-5,7-8,12H,3,6,13H2,1-2H3/t12-/m1/s1. The second kappa shape index (κ2) is 3.62. The first-order valence-electron chi connectivity index (χ1n) is 5.22. The van der Waals surface area contributed by atoms with E-state index in [1.165, 1.54) is 11.1 Å². The quantitative estimate of drug-likeness (QED) is 0.779. The van der Waals surface area contributed by atoms with Crippen LogP contribution < -0.4 is 10.5 Å². The van der Waals surface area contributed by atoms with Crippen LogP contribution in [0.3, 0.4) is 0 Å². The molecule has 0 bridgehead atoms. The number of nitrogens with two attached hydrogens (primary N) is 1. The molecule has 1 aliphatic rings. The van der Waals surface area contributed by atoms with E-state index in [1.807, 2.05) is 19.9 Å². The smallest absolute Gasteiger partial charge is 0.119 e. The second-order valence-corrected chi connectivity index (χ2v) is 4.17. The van der Waals surface area contributed by atoms with Gasteiger partial charge in [0.25, 0.3) is 0 Å².